The maximum atomic E-state index is 4.48. The number of benzene rings is 1. The van der Waals surface area contributed by atoms with Gasteiger partial charge in [-0.1, -0.05) is 38.0 Å². The molecule has 3 rings (SSSR count). The van der Waals surface area contributed by atoms with Crippen molar-refractivity contribution >= 4 is 10.9 Å². The lowest BCUT2D eigenvalue weighted by Gasteiger charge is -2.25. The molecule has 100 valence electrons. The highest BCUT2D eigenvalue weighted by molar-refractivity contribution is 5.79. The fourth-order valence-electron chi connectivity index (χ4n) is 3.34. The third kappa shape index (κ3) is 2.64. The Morgan fingerprint density at radius 1 is 1.26 bits per heavy atom. The number of aromatic nitrogens is 1. The number of rotatable bonds is 4. The molecule has 0 saturated heterocycles. The van der Waals surface area contributed by atoms with Crippen LogP contribution in [0.2, 0.25) is 0 Å². The zero-order valence-electron chi connectivity index (χ0n) is 11.6. The molecule has 1 aromatic carbocycles. The summed E-state index contributed by atoms with van der Waals surface area (Å²) in [4.78, 5) is 4.48. The Hall–Kier alpha value is -1.41. The number of pyridine rings is 1. The zero-order chi connectivity index (χ0) is 13.1. The lowest BCUT2D eigenvalue weighted by molar-refractivity contribution is 0.375. The molecule has 1 aromatic heterocycles. The minimum atomic E-state index is 0.499. The average Bonchev–Trinajstić information content (AvgIpc) is 2.98. The van der Waals surface area contributed by atoms with Gasteiger partial charge in [-0.3, -0.25) is 4.98 Å². The van der Waals surface area contributed by atoms with Crippen LogP contribution in [-0.2, 0) is 0 Å². The van der Waals surface area contributed by atoms with Gasteiger partial charge in [-0.05, 0) is 43.0 Å². The molecule has 1 heterocycles. The monoisotopic (exact) mass is 254 g/mol. The summed E-state index contributed by atoms with van der Waals surface area (Å²) in [6, 6.07) is 11.4. The van der Waals surface area contributed by atoms with Crippen LogP contribution in [0.4, 0.5) is 0 Å². The SMILES string of the molecule is CCNC(c1ccc2cccnc2c1)C1CCCC1. The molecular weight excluding hydrogens is 232 g/mol. The van der Waals surface area contributed by atoms with Crippen LogP contribution >= 0.6 is 0 Å². The Labute approximate surface area is 115 Å². The van der Waals surface area contributed by atoms with Crippen LogP contribution in [-0.4, -0.2) is 11.5 Å². The van der Waals surface area contributed by atoms with Gasteiger partial charge in [0.15, 0.2) is 0 Å². The van der Waals surface area contributed by atoms with E-state index in [9.17, 15) is 0 Å². The molecule has 1 N–H and O–H groups in total. The van der Waals surface area contributed by atoms with Crippen LogP contribution in [0, 0.1) is 5.92 Å². The van der Waals surface area contributed by atoms with E-state index < -0.39 is 0 Å². The number of hydrogen-bond donors (Lipinski definition) is 1. The summed E-state index contributed by atoms with van der Waals surface area (Å²) < 4.78 is 0. The van der Waals surface area contributed by atoms with E-state index in [4.69, 9.17) is 0 Å². The van der Waals surface area contributed by atoms with E-state index >= 15 is 0 Å². The van der Waals surface area contributed by atoms with Crippen molar-refractivity contribution in [2.75, 3.05) is 6.54 Å². The van der Waals surface area contributed by atoms with Crippen molar-refractivity contribution in [2.45, 2.75) is 38.6 Å². The van der Waals surface area contributed by atoms with Gasteiger partial charge in [0, 0.05) is 17.6 Å². The fourth-order valence-corrected chi connectivity index (χ4v) is 3.34. The predicted octanol–water partition coefficient (Wildman–Crippen LogP) is 4.08. The highest BCUT2D eigenvalue weighted by Crippen LogP contribution is 2.36. The molecule has 2 aromatic rings. The number of hydrogen-bond acceptors (Lipinski definition) is 2. The minimum Gasteiger partial charge on any atom is -0.310 e. The first-order valence-corrected chi connectivity index (χ1v) is 7.46. The Morgan fingerprint density at radius 2 is 2.11 bits per heavy atom. The van der Waals surface area contributed by atoms with Gasteiger partial charge in [-0.25, -0.2) is 0 Å². The van der Waals surface area contributed by atoms with E-state index in [1.807, 2.05) is 12.3 Å². The maximum Gasteiger partial charge on any atom is 0.0705 e. The first-order valence-electron chi connectivity index (χ1n) is 7.46. The van der Waals surface area contributed by atoms with Gasteiger partial charge in [0.2, 0.25) is 0 Å². The summed E-state index contributed by atoms with van der Waals surface area (Å²) in [6.07, 6.45) is 7.37. The van der Waals surface area contributed by atoms with Gasteiger partial charge in [0.1, 0.15) is 0 Å². The van der Waals surface area contributed by atoms with Crippen molar-refractivity contribution in [2.24, 2.45) is 5.92 Å². The van der Waals surface area contributed by atoms with E-state index in [2.05, 4.69) is 41.5 Å². The van der Waals surface area contributed by atoms with E-state index in [0.717, 1.165) is 18.0 Å². The second kappa shape index (κ2) is 5.70. The summed E-state index contributed by atoms with van der Waals surface area (Å²) in [5.41, 5.74) is 2.51. The van der Waals surface area contributed by atoms with Gasteiger partial charge in [-0.15, -0.1) is 0 Å². The van der Waals surface area contributed by atoms with Crippen LogP contribution in [0.25, 0.3) is 10.9 Å². The van der Waals surface area contributed by atoms with E-state index in [1.165, 1.54) is 36.6 Å². The zero-order valence-corrected chi connectivity index (χ0v) is 11.6. The summed E-state index contributed by atoms with van der Waals surface area (Å²) in [7, 11) is 0. The Morgan fingerprint density at radius 3 is 2.89 bits per heavy atom. The highest BCUT2D eigenvalue weighted by Gasteiger charge is 2.25. The first-order chi connectivity index (χ1) is 9.38. The molecule has 1 aliphatic carbocycles. The van der Waals surface area contributed by atoms with Crippen molar-refractivity contribution < 1.29 is 0 Å². The molecule has 1 aliphatic rings. The molecular formula is C17H22N2. The molecule has 2 nitrogen and oxygen atoms in total. The van der Waals surface area contributed by atoms with Gasteiger partial charge >= 0.3 is 0 Å². The molecule has 1 fully saturated rings. The fraction of sp³-hybridized carbons (Fsp3) is 0.471. The maximum absolute atomic E-state index is 4.48. The van der Waals surface area contributed by atoms with Crippen LogP contribution in [0.5, 0.6) is 0 Å². The van der Waals surface area contributed by atoms with E-state index in [0.29, 0.717) is 6.04 Å². The topological polar surface area (TPSA) is 24.9 Å². The van der Waals surface area contributed by atoms with Crippen molar-refractivity contribution in [3.63, 3.8) is 0 Å². The third-order valence-electron chi connectivity index (χ3n) is 4.28. The van der Waals surface area contributed by atoms with Crippen molar-refractivity contribution in [1.82, 2.24) is 10.3 Å². The summed E-state index contributed by atoms with van der Waals surface area (Å²) in [6.45, 7) is 3.22. The largest absolute Gasteiger partial charge is 0.310 e. The molecule has 0 amide bonds. The van der Waals surface area contributed by atoms with Gasteiger partial charge < -0.3 is 5.32 Å². The Kier molecular flexibility index (Phi) is 3.79. The smallest absolute Gasteiger partial charge is 0.0705 e. The van der Waals surface area contributed by atoms with Gasteiger partial charge in [0.25, 0.3) is 0 Å². The molecule has 0 aliphatic heterocycles. The molecule has 0 spiro atoms. The van der Waals surface area contributed by atoms with E-state index in [1.54, 1.807) is 0 Å². The van der Waals surface area contributed by atoms with Crippen LogP contribution < -0.4 is 5.32 Å². The van der Waals surface area contributed by atoms with Crippen molar-refractivity contribution in [3.05, 3.63) is 42.1 Å². The molecule has 1 atom stereocenters. The Bertz CT molecular complexity index is 544. The second-order valence-electron chi connectivity index (χ2n) is 5.54. The van der Waals surface area contributed by atoms with Crippen LogP contribution in [0.3, 0.4) is 0 Å². The molecule has 0 bridgehead atoms. The molecule has 1 saturated carbocycles. The van der Waals surface area contributed by atoms with Crippen molar-refractivity contribution in [1.29, 1.82) is 0 Å². The summed E-state index contributed by atoms with van der Waals surface area (Å²) in [5.74, 6) is 0.793. The Balaban J connectivity index is 1.94. The lowest BCUT2D eigenvalue weighted by atomic mass is 9.91. The van der Waals surface area contributed by atoms with Crippen LogP contribution in [0.1, 0.15) is 44.2 Å². The summed E-state index contributed by atoms with van der Waals surface area (Å²) >= 11 is 0. The number of nitrogens with one attached hydrogen (secondary N) is 1. The normalized spacial score (nSPS) is 17.9. The number of fused-ring (bicyclic) bond motifs is 1. The van der Waals surface area contributed by atoms with Crippen LogP contribution in [0.15, 0.2) is 36.5 Å². The number of nitrogens with zero attached hydrogens (tertiary/aromatic N) is 1. The quantitative estimate of drug-likeness (QED) is 0.889. The predicted molar refractivity (Wildman–Crippen MR) is 80.1 cm³/mol. The van der Waals surface area contributed by atoms with Crippen molar-refractivity contribution in [3.8, 4) is 0 Å². The van der Waals surface area contributed by atoms with Gasteiger partial charge in [-0.2, -0.15) is 0 Å². The average molecular weight is 254 g/mol. The second-order valence-corrected chi connectivity index (χ2v) is 5.54. The van der Waals surface area contributed by atoms with Gasteiger partial charge in [0.05, 0.1) is 5.52 Å². The summed E-state index contributed by atoms with van der Waals surface area (Å²) in [5, 5.41) is 4.91. The third-order valence-corrected chi connectivity index (χ3v) is 4.28. The lowest BCUT2D eigenvalue weighted by Crippen LogP contribution is -2.26. The first kappa shape index (κ1) is 12.6. The molecule has 1 unspecified atom stereocenters. The highest BCUT2D eigenvalue weighted by atomic mass is 14.9. The van der Waals surface area contributed by atoms with E-state index in [-0.39, 0.29) is 0 Å². The standard InChI is InChI=1S/C17H22N2/c1-2-18-17(14-6-3-4-7-14)15-10-9-13-8-5-11-19-16(13)12-15/h5,8-12,14,17-18H,2-4,6-7H2,1H3. The molecule has 0 radical (unpaired) electrons. The minimum absolute atomic E-state index is 0.499. The molecule has 2 heteroatoms. The molecule has 19 heavy (non-hydrogen) atoms.